The second-order valence-corrected chi connectivity index (χ2v) is 15.3. The zero-order chi connectivity index (χ0) is 22.5. The van der Waals surface area contributed by atoms with Gasteiger partial charge < -0.3 is 24.3 Å². The fourth-order valence-corrected chi connectivity index (χ4v) is 3.81. The Balaban J connectivity index is 2.42. The average molecular weight is 430 g/mol. The molecule has 29 heavy (non-hydrogen) atoms. The molecule has 0 aromatic carbocycles. The van der Waals surface area contributed by atoms with Gasteiger partial charge >= 0.3 is 6.09 Å². The van der Waals surface area contributed by atoms with Crippen LogP contribution in [0.1, 0.15) is 54.4 Å². The lowest BCUT2D eigenvalue weighted by atomic mass is 10.1. The van der Waals surface area contributed by atoms with Gasteiger partial charge in [-0.25, -0.2) is 4.79 Å². The molecular formula is C21H43N3O4Si. The summed E-state index contributed by atoms with van der Waals surface area (Å²) in [5.41, 5.74) is -0.501. The van der Waals surface area contributed by atoms with Gasteiger partial charge in [0.2, 0.25) is 5.91 Å². The zero-order valence-corrected chi connectivity index (χ0v) is 21.1. The number of carbonyl (C=O) groups excluding carboxylic acids is 2. The second-order valence-electron chi connectivity index (χ2n) is 10.4. The fourth-order valence-electron chi connectivity index (χ4n) is 2.76. The van der Waals surface area contributed by atoms with Gasteiger partial charge in [0.15, 0.2) is 8.32 Å². The smallest absolute Gasteiger partial charge is 0.410 e. The number of nitrogens with one attached hydrogen (secondary N) is 1. The summed E-state index contributed by atoms with van der Waals surface area (Å²) < 4.78 is 11.7. The van der Waals surface area contributed by atoms with E-state index in [1.54, 1.807) is 4.90 Å². The minimum atomic E-state index is -1.79. The highest BCUT2D eigenvalue weighted by Crippen LogP contribution is 2.36. The molecule has 0 bridgehead atoms. The Morgan fingerprint density at radius 2 is 1.52 bits per heavy atom. The number of hydrogen-bond donors (Lipinski definition) is 1. The van der Waals surface area contributed by atoms with Crippen LogP contribution in [-0.4, -0.2) is 81.6 Å². The average Bonchev–Trinajstić information content (AvgIpc) is 2.59. The van der Waals surface area contributed by atoms with Gasteiger partial charge in [-0.2, -0.15) is 0 Å². The van der Waals surface area contributed by atoms with Crippen LogP contribution in [0.15, 0.2) is 0 Å². The van der Waals surface area contributed by atoms with Crippen LogP contribution in [0.2, 0.25) is 18.1 Å². The molecule has 0 spiro atoms. The molecule has 1 saturated heterocycles. The summed E-state index contributed by atoms with van der Waals surface area (Å²) in [6.07, 6.45) is 0.928. The van der Waals surface area contributed by atoms with Crippen LogP contribution < -0.4 is 5.32 Å². The van der Waals surface area contributed by atoms with Crippen molar-refractivity contribution in [1.29, 1.82) is 0 Å². The summed E-state index contributed by atoms with van der Waals surface area (Å²) in [6.45, 7) is 19.5. The van der Waals surface area contributed by atoms with Gasteiger partial charge in [-0.05, 0) is 52.4 Å². The van der Waals surface area contributed by atoms with E-state index in [2.05, 4.69) is 39.2 Å². The molecule has 0 saturated carbocycles. The first kappa shape index (κ1) is 25.9. The van der Waals surface area contributed by atoms with Crippen LogP contribution in [0.3, 0.4) is 0 Å². The summed E-state index contributed by atoms with van der Waals surface area (Å²) in [6, 6.07) is 0.163. The van der Waals surface area contributed by atoms with Crippen LogP contribution in [0, 0.1) is 0 Å². The molecule has 7 nitrogen and oxygen atoms in total. The number of carbonyl (C=O) groups is 2. The minimum absolute atomic E-state index is 0.140. The van der Waals surface area contributed by atoms with Gasteiger partial charge in [-0.1, -0.05) is 20.8 Å². The second kappa shape index (κ2) is 10.3. The molecule has 2 amide bonds. The molecule has 8 heteroatoms. The van der Waals surface area contributed by atoms with Crippen molar-refractivity contribution < 1.29 is 18.8 Å². The number of amides is 2. The first-order valence-corrected chi connectivity index (χ1v) is 13.6. The standard InChI is InChI=1S/C21H43N3O4Si/c1-20(2,3)28-19(26)24-14-12-23(13-15-24)18(25)11-10-17(22-7)16-27-29(8,9)21(4,5)6/h17,22H,10-16H2,1-9H3/t17-/m0/s1. The van der Waals surface area contributed by atoms with E-state index in [1.165, 1.54) is 0 Å². The van der Waals surface area contributed by atoms with Gasteiger partial charge in [-0.3, -0.25) is 4.79 Å². The van der Waals surface area contributed by atoms with E-state index < -0.39 is 13.9 Å². The van der Waals surface area contributed by atoms with Crippen molar-refractivity contribution in [3.8, 4) is 0 Å². The normalized spacial score (nSPS) is 17.3. The predicted octanol–water partition coefficient (Wildman–Crippen LogP) is 3.46. The molecule has 1 aliphatic rings. The predicted molar refractivity (Wildman–Crippen MR) is 120 cm³/mol. The number of nitrogens with zero attached hydrogens (tertiary/aromatic N) is 2. The molecule has 1 aliphatic heterocycles. The van der Waals surface area contributed by atoms with Crippen molar-refractivity contribution in [2.75, 3.05) is 39.8 Å². The molecule has 0 unspecified atom stereocenters. The highest BCUT2D eigenvalue weighted by Gasteiger charge is 2.37. The molecule has 0 aromatic heterocycles. The quantitative estimate of drug-likeness (QED) is 0.628. The van der Waals surface area contributed by atoms with E-state index in [0.717, 1.165) is 6.42 Å². The lowest BCUT2D eigenvalue weighted by molar-refractivity contribution is -0.133. The van der Waals surface area contributed by atoms with Crippen molar-refractivity contribution in [3.63, 3.8) is 0 Å². The Morgan fingerprint density at radius 1 is 1.00 bits per heavy atom. The monoisotopic (exact) mass is 429 g/mol. The van der Waals surface area contributed by atoms with E-state index in [0.29, 0.717) is 39.2 Å². The lowest BCUT2D eigenvalue weighted by Gasteiger charge is -2.37. The summed E-state index contributed by atoms with van der Waals surface area (Å²) >= 11 is 0. The van der Waals surface area contributed by atoms with Crippen LogP contribution >= 0.6 is 0 Å². The number of hydrogen-bond acceptors (Lipinski definition) is 5. The molecular weight excluding hydrogens is 386 g/mol. The number of piperazine rings is 1. The maximum absolute atomic E-state index is 12.6. The third-order valence-electron chi connectivity index (χ3n) is 5.85. The lowest BCUT2D eigenvalue weighted by Crippen LogP contribution is -2.51. The maximum atomic E-state index is 12.6. The summed E-state index contributed by atoms with van der Waals surface area (Å²) in [7, 11) is 0.128. The number of rotatable bonds is 7. The van der Waals surface area contributed by atoms with Gasteiger partial charge in [0.05, 0.1) is 0 Å². The first-order chi connectivity index (χ1) is 13.2. The Bertz CT molecular complexity index is 547. The van der Waals surface area contributed by atoms with Gasteiger partial charge in [-0.15, -0.1) is 0 Å². The summed E-state index contributed by atoms with van der Waals surface area (Å²) in [4.78, 5) is 28.3. The Labute approximate surface area is 178 Å². The molecule has 0 aliphatic carbocycles. The maximum Gasteiger partial charge on any atom is 0.410 e. The number of ether oxygens (including phenoxy) is 1. The molecule has 1 N–H and O–H groups in total. The van der Waals surface area contributed by atoms with Crippen molar-refractivity contribution >= 4 is 20.3 Å². The van der Waals surface area contributed by atoms with Crippen LogP contribution in [-0.2, 0) is 14.0 Å². The minimum Gasteiger partial charge on any atom is -0.444 e. The third-order valence-corrected chi connectivity index (χ3v) is 10.4. The topological polar surface area (TPSA) is 71.1 Å². The highest BCUT2D eigenvalue weighted by atomic mass is 28.4. The first-order valence-electron chi connectivity index (χ1n) is 10.7. The van der Waals surface area contributed by atoms with Crippen LogP contribution in [0.25, 0.3) is 0 Å². The molecule has 1 rings (SSSR count). The summed E-state index contributed by atoms with van der Waals surface area (Å²) in [5.74, 6) is 0.140. The van der Waals surface area contributed by atoms with E-state index in [1.807, 2.05) is 32.7 Å². The Kier molecular flexibility index (Phi) is 9.17. The molecule has 170 valence electrons. The fraction of sp³-hybridized carbons (Fsp3) is 0.905. The van der Waals surface area contributed by atoms with E-state index >= 15 is 0 Å². The molecule has 1 atom stereocenters. The van der Waals surface area contributed by atoms with E-state index in [4.69, 9.17) is 9.16 Å². The van der Waals surface area contributed by atoms with Crippen molar-refractivity contribution in [2.24, 2.45) is 0 Å². The van der Waals surface area contributed by atoms with Crippen LogP contribution in [0.5, 0.6) is 0 Å². The van der Waals surface area contributed by atoms with E-state index in [-0.39, 0.29) is 23.1 Å². The van der Waals surface area contributed by atoms with Crippen molar-refractivity contribution in [1.82, 2.24) is 15.1 Å². The molecule has 1 heterocycles. The molecule has 0 aromatic rings. The Morgan fingerprint density at radius 3 is 1.97 bits per heavy atom. The number of likely N-dealkylation sites (N-methyl/N-ethyl adjacent to an activating group) is 1. The van der Waals surface area contributed by atoms with Crippen LogP contribution in [0.4, 0.5) is 4.79 Å². The third kappa shape index (κ3) is 8.64. The largest absolute Gasteiger partial charge is 0.444 e. The molecule has 0 radical (unpaired) electrons. The zero-order valence-electron chi connectivity index (χ0n) is 20.1. The van der Waals surface area contributed by atoms with Crippen molar-refractivity contribution in [2.45, 2.75) is 84.2 Å². The highest BCUT2D eigenvalue weighted by molar-refractivity contribution is 6.74. The SMILES string of the molecule is CN[C@@H](CCC(=O)N1CCN(C(=O)OC(C)(C)C)CC1)CO[Si](C)(C)C(C)(C)C. The van der Waals surface area contributed by atoms with Gasteiger partial charge in [0.25, 0.3) is 0 Å². The summed E-state index contributed by atoms with van der Waals surface area (Å²) in [5, 5.41) is 3.46. The van der Waals surface area contributed by atoms with Crippen molar-refractivity contribution in [3.05, 3.63) is 0 Å². The van der Waals surface area contributed by atoms with Gasteiger partial charge in [0.1, 0.15) is 5.60 Å². The van der Waals surface area contributed by atoms with Gasteiger partial charge in [0, 0.05) is 45.2 Å². The van der Waals surface area contributed by atoms with E-state index in [9.17, 15) is 9.59 Å². The Hall–Kier alpha value is -1.12. The molecule has 1 fully saturated rings.